The Kier molecular flexibility index (Phi) is 4.22. The van der Waals surface area contributed by atoms with Crippen LogP contribution in [0.4, 0.5) is 0 Å². The van der Waals surface area contributed by atoms with Crippen LogP contribution in [0, 0.1) is 17.8 Å². The average Bonchev–Trinajstić information content (AvgIpc) is 2.29. The third-order valence-corrected chi connectivity index (χ3v) is 3.24. The van der Waals surface area contributed by atoms with Crippen molar-refractivity contribution in [1.82, 2.24) is 10.2 Å². The fourth-order valence-electron chi connectivity index (χ4n) is 2.41. The normalized spacial score (nSPS) is 30.7. The highest BCUT2D eigenvalue weighted by Crippen LogP contribution is 2.18. The van der Waals surface area contributed by atoms with Crippen LogP contribution in [0.5, 0.6) is 0 Å². The van der Waals surface area contributed by atoms with Gasteiger partial charge in [-0.2, -0.15) is 0 Å². The highest BCUT2D eigenvalue weighted by molar-refractivity contribution is 5.05. The molecule has 16 heavy (non-hydrogen) atoms. The van der Waals surface area contributed by atoms with Crippen LogP contribution in [0.3, 0.4) is 0 Å². The molecule has 3 heteroatoms. The lowest BCUT2D eigenvalue weighted by atomic mass is 10.0. The first kappa shape index (κ1) is 11.9. The van der Waals surface area contributed by atoms with E-state index in [0.717, 1.165) is 39.2 Å². The molecule has 2 rings (SSSR count). The lowest BCUT2D eigenvalue weighted by Gasteiger charge is -2.43. The average molecular weight is 222 g/mol. The third kappa shape index (κ3) is 2.98. The smallest absolute Gasteiger partial charge is 0.0755 e. The number of hydrogen-bond donors (Lipinski definition) is 1. The molecule has 0 bridgehead atoms. The molecule has 0 aromatic carbocycles. The van der Waals surface area contributed by atoms with Crippen molar-refractivity contribution in [3.05, 3.63) is 0 Å². The Morgan fingerprint density at radius 2 is 2.38 bits per heavy atom. The van der Waals surface area contributed by atoms with Crippen molar-refractivity contribution in [3.63, 3.8) is 0 Å². The molecule has 0 aromatic heterocycles. The summed E-state index contributed by atoms with van der Waals surface area (Å²) in [6.45, 7) is 9.19. The van der Waals surface area contributed by atoms with Gasteiger partial charge in [0.15, 0.2) is 0 Å². The Balaban J connectivity index is 1.90. The van der Waals surface area contributed by atoms with Gasteiger partial charge in [0.2, 0.25) is 0 Å². The van der Waals surface area contributed by atoms with Gasteiger partial charge in [-0.3, -0.25) is 4.90 Å². The van der Waals surface area contributed by atoms with Crippen LogP contribution < -0.4 is 5.32 Å². The van der Waals surface area contributed by atoms with E-state index in [1.807, 2.05) is 0 Å². The van der Waals surface area contributed by atoms with E-state index in [0.29, 0.717) is 18.1 Å². The van der Waals surface area contributed by atoms with Gasteiger partial charge in [-0.05, 0) is 13.0 Å². The SMILES string of the molecule is CC(C)C#CCN1CCOC2CCNCC21. The molecule has 0 spiro atoms. The minimum atomic E-state index is 0.427. The molecule has 2 aliphatic heterocycles. The van der Waals surface area contributed by atoms with Crippen molar-refractivity contribution in [2.75, 3.05) is 32.8 Å². The van der Waals surface area contributed by atoms with Gasteiger partial charge >= 0.3 is 0 Å². The quantitative estimate of drug-likeness (QED) is 0.661. The molecule has 0 amide bonds. The Morgan fingerprint density at radius 3 is 3.19 bits per heavy atom. The van der Waals surface area contributed by atoms with Crippen molar-refractivity contribution < 1.29 is 4.74 Å². The summed E-state index contributed by atoms with van der Waals surface area (Å²) in [5, 5.41) is 3.44. The first-order valence-corrected chi connectivity index (χ1v) is 6.32. The number of nitrogens with zero attached hydrogens (tertiary/aromatic N) is 1. The number of hydrogen-bond acceptors (Lipinski definition) is 3. The highest BCUT2D eigenvalue weighted by Gasteiger charge is 2.33. The highest BCUT2D eigenvalue weighted by atomic mass is 16.5. The Hall–Kier alpha value is -0.560. The number of morpholine rings is 1. The van der Waals surface area contributed by atoms with E-state index >= 15 is 0 Å². The zero-order valence-corrected chi connectivity index (χ0v) is 10.3. The number of rotatable bonds is 1. The topological polar surface area (TPSA) is 24.5 Å². The van der Waals surface area contributed by atoms with E-state index in [2.05, 4.69) is 35.9 Å². The molecule has 3 nitrogen and oxygen atoms in total. The minimum Gasteiger partial charge on any atom is -0.375 e. The third-order valence-electron chi connectivity index (χ3n) is 3.24. The van der Waals surface area contributed by atoms with Gasteiger partial charge < -0.3 is 10.1 Å². The summed E-state index contributed by atoms with van der Waals surface area (Å²) < 4.78 is 5.81. The molecule has 2 unspecified atom stereocenters. The maximum absolute atomic E-state index is 5.81. The van der Waals surface area contributed by atoms with Crippen LogP contribution in [0.25, 0.3) is 0 Å². The summed E-state index contributed by atoms with van der Waals surface area (Å²) in [5.41, 5.74) is 0. The summed E-state index contributed by atoms with van der Waals surface area (Å²) in [7, 11) is 0. The first-order chi connectivity index (χ1) is 7.77. The molecule has 0 radical (unpaired) electrons. The molecular weight excluding hydrogens is 200 g/mol. The monoisotopic (exact) mass is 222 g/mol. The number of fused-ring (bicyclic) bond motifs is 1. The van der Waals surface area contributed by atoms with E-state index in [-0.39, 0.29) is 0 Å². The van der Waals surface area contributed by atoms with Crippen LogP contribution in [0.15, 0.2) is 0 Å². The lowest BCUT2D eigenvalue weighted by Crippen LogP contribution is -2.59. The standard InChI is InChI=1S/C13H22N2O/c1-11(2)4-3-7-15-8-9-16-13-5-6-14-10-12(13)15/h11-14H,5-10H2,1-2H3. The summed E-state index contributed by atoms with van der Waals surface area (Å²) in [6.07, 6.45) is 1.56. The van der Waals surface area contributed by atoms with Crippen LogP contribution >= 0.6 is 0 Å². The Labute approximate surface area is 98.5 Å². The summed E-state index contributed by atoms with van der Waals surface area (Å²) in [5.74, 6) is 6.99. The fraction of sp³-hybridized carbons (Fsp3) is 0.846. The Bertz CT molecular complexity index is 277. The summed E-state index contributed by atoms with van der Waals surface area (Å²) >= 11 is 0. The van der Waals surface area contributed by atoms with Gasteiger partial charge in [-0.15, -0.1) is 0 Å². The van der Waals surface area contributed by atoms with Gasteiger partial charge in [0.05, 0.1) is 19.3 Å². The van der Waals surface area contributed by atoms with E-state index in [4.69, 9.17) is 4.74 Å². The van der Waals surface area contributed by atoms with Crippen LogP contribution in [0.2, 0.25) is 0 Å². The van der Waals surface area contributed by atoms with Crippen molar-refractivity contribution >= 4 is 0 Å². The minimum absolute atomic E-state index is 0.427. The molecule has 0 saturated carbocycles. The molecular formula is C13H22N2O. The van der Waals surface area contributed by atoms with Crippen LogP contribution in [0.1, 0.15) is 20.3 Å². The molecule has 90 valence electrons. The van der Waals surface area contributed by atoms with Gasteiger partial charge in [0, 0.05) is 25.0 Å². The molecule has 0 aromatic rings. The van der Waals surface area contributed by atoms with Crippen molar-refractivity contribution in [2.45, 2.75) is 32.4 Å². The van der Waals surface area contributed by atoms with E-state index in [1.54, 1.807) is 0 Å². The van der Waals surface area contributed by atoms with E-state index in [9.17, 15) is 0 Å². The zero-order chi connectivity index (χ0) is 11.4. The number of ether oxygens (including phenoxy) is 1. The van der Waals surface area contributed by atoms with Crippen molar-refractivity contribution in [2.24, 2.45) is 5.92 Å². The van der Waals surface area contributed by atoms with Crippen molar-refractivity contribution in [1.29, 1.82) is 0 Å². The van der Waals surface area contributed by atoms with Gasteiger partial charge in [0.1, 0.15) is 0 Å². The molecule has 2 heterocycles. The molecule has 1 N–H and O–H groups in total. The van der Waals surface area contributed by atoms with E-state index < -0.39 is 0 Å². The second-order valence-corrected chi connectivity index (χ2v) is 4.92. The molecule has 2 saturated heterocycles. The van der Waals surface area contributed by atoms with Crippen LogP contribution in [-0.2, 0) is 4.74 Å². The van der Waals surface area contributed by atoms with Crippen molar-refractivity contribution in [3.8, 4) is 11.8 Å². The number of nitrogens with one attached hydrogen (secondary N) is 1. The van der Waals surface area contributed by atoms with Gasteiger partial charge in [-0.25, -0.2) is 0 Å². The summed E-state index contributed by atoms with van der Waals surface area (Å²) in [6, 6.07) is 0.531. The summed E-state index contributed by atoms with van der Waals surface area (Å²) in [4.78, 5) is 2.47. The maximum Gasteiger partial charge on any atom is 0.0755 e. The molecule has 2 atom stereocenters. The fourth-order valence-corrected chi connectivity index (χ4v) is 2.41. The largest absolute Gasteiger partial charge is 0.375 e. The first-order valence-electron chi connectivity index (χ1n) is 6.32. The van der Waals surface area contributed by atoms with E-state index in [1.165, 1.54) is 0 Å². The predicted molar refractivity (Wildman–Crippen MR) is 65.2 cm³/mol. The van der Waals surface area contributed by atoms with Gasteiger partial charge in [-0.1, -0.05) is 25.7 Å². The lowest BCUT2D eigenvalue weighted by molar-refractivity contribution is -0.0777. The second-order valence-electron chi connectivity index (χ2n) is 4.92. The molecule has 2 aliphatic rings. The second kappa shape index (κ2) is 5.67. The van der Waals surface area contributed by atoms with Crippen LogP contribution in [-0.4, -0.2) is 49.8 Å². The molecule has 0 aliphatic carbocycles. The van der Waals surface area contributed by atoms with Gasteiger partial charge in [0.25, 0.3) is 0 Å². The maximum atomic E-state index is 5.81. The predicted octanol–water partition coefficient (Wildman–Crippen LogP) is 0.709. The Morgan fingerprint density at radius 1 is 1.50 bits per heavy atom. The molecule has 2 fully saturated rings. The zero-order valence-electron chi connectivity index (χ0n) is 10.3. The number of piperidine rings is 1.